The summed E-state index contributed by atoms with van der Waals surface area (Å²) < 4.78 is 1.14. The van der Waals surface area contributed by atoms with Gasteiger partial charge in [-0.25, -0.2) is 0 Å². The van der Waals surface area contributed by atoms with Gasteiger partial charge in [-0.3, -0.25) is 0 Å². The monoisotopic (exact) mass is 324 g/mol. The molecule has 19 heavy (non-hydrogen) atoms. The van der Waals surface area contributed by atoms with E-state index >= 15 is 0 Å². The molecule has 2 nitrogen and oxygen atoms in total. The first-order valence-corrected chi connectivity index (χ1v) is 7.99. The number of halogens is 1. The van der Waals surface area contributed by atoms with Gasteiger partial charge >= 0.3 is 0 Å². The second kappa shape index (κ2) is 6.38. The summed E-state index contributed by atoms with van der Waals surface area (Å²) in [4.78, 5) is 2.42. The molecule has 0 aliphatic heterocycles. The van der Waals surface area contributed by atoms with Gasteiger partial charge in [-0.1, -0.05) is 40.9 Å². The molecule has 1 unspecified atom stereocenters. The Morgan fingerprint density at radius 3 is 2.32 bits per heavy atom. The first-order chi connectivity index (χ1) is 9.03. The summed E-state index contributed by atoms with van der Waals surface area (Å²) in [7, 11) is 4.44. The fourth-order valence-electron chi connectivity index (χ4n) is 3.03. The zero-order valence-electron chi connectivity index (χ0n) is 12.2. The smallest absolute Gasteiger partial charge is 0.0328 e. The topological polar surface area (TPSA) is 15.3 Å². The van der Waals surface area contributed by atoms with Crippen LogP contribution >= 0.6 is 15.9 Å². The van der Waals surface area contributed by atoms with E-state index in [-0.39, 0.29) is 0 Å². The van der Waals surface area contributed by atoms with Gasteiger partial charge < -0.3 is 10.2 Å². The predicted octanol–water partition coefficient (Wildman–Crippen LogP) is 3.97. The first kappa shape index (κ1) is 15.0. The lowest BCUT2D eigenvalue weighted by Gasteiger charge is -2.37. The summed E-state index contributed by atoms with van der Waals surface area (Å²) in [5.41, 5.74) is 1.72. The summed E-state index contributed by atoms with van der Waals surface area (Å²) in [6.07, 6.45) is 5.37. The van der Waals surface area contributed by atoms with Crippen LogP contribution in [0.3, 0.4) is 0 Å². The van der Waals surface area contributed by atoms with Crippen molar-refractivity contribution in [2.45, 2.75) is 44.2 Å². The van der Waals surface area contributed by atoms with Crippen molar-refractivity contribution in [2.75, 3.05) is 20.6 Å². The molecule has 1 fully saturated rings. The van der Waals surface area contributed by atoms with Gasteiger partial charge in [0.2, 0.25) is 0 Å². The summed E-state index contributed by atoms with van der Waals surface area (Å²) in [6, 6.07) is 9.03. The molecule has 106 valence electrons. The second-order valence-corrected chi connectivity index (χ2v) is 6.90. The Bertz CT molecular complexity index is 394. The SMILES string of the molecule is CC(NCC1(N(C)C)CCCC1)c1ccc(Br)cc1. The van der Waals surface area contributed by atoms with E-state index in [1.54, 1.807) is 0 Å². The van der Waals surface area contributed by atoms with Crippen LogP contribution < -0.4 is 5.32 Å². The molecule has 1 aromatic carbocycles. The molecule has 0 radical (unpaired) electrons. The van der Waals surface area contributed by atoms with Crippen LogP contribution in [0.5, 0.6) is 0 Å². The number of likely N-dealkylation sites (N-methyl/N-ethyl adjacent to an activating group) is 1. The zero-order chi connectivity index (χ0) is 13.9. The molecule has 0 heterocycles. The minimum Gasteiger partial charge on any atom is -0.308 e. The van der Waals surface area contributed by atoms with Crippen LogP contribution in [0, 0.1) is 0 Å². The van der Waals surface area contributed by atoms with Crippen LogP contribution in [0.2, 0.25) is 0 Å². The van der Waals surface area contributed by atoms with Gasteiger partial charge in [0, 0.05) is 22.6 Å². The number of hydrogen-bond acceptors (Lipinski definition) is 2. The fourth-order valence-corrected chi connectivity index (χ4v) is 3.29. The highest BCUT2D eigenvalue weighted by Gasteiger charge is 2.35. The third-order valence-corrected chi connectivity index (χ3v) is 5.12. The van der Waals surface area contributed by atoms with E-state index in [1.165, 1.54) is 31.2 Å². The van der Waals surface area contributed by atoms with Crippen LogP contribution in [0.15, 0.2) is 28.7 Å². The number of benzene rings is 1. The van der Waals surface area contributed by atoms with Gasteiger partial charge in [0.05, 0.1) is 0 Å². The van der Waals surface area contributed by atoms with Crippen molar-refractivity contribution in [1.29, 1.82) is 0 Å². The Hall–Kier alpha value is -0.380. The van der Waals surface area contributed by atoms with Crippen molar-refractivity contribution in [2.24, 2.45) is 0 Å². The Labute approximate surface area is 125 Å². The Kier molecular flexibility index (Phi) is 5.04. The second-order valence-electron chi connectivity index (χ2n) is 5.98. The zero-order valence-corrected chi connectivity index (χ0v) is 13.8. The normalized spacial score (nSPS) is 19.8. The van der Waals surface area contributed by atoms with Crippen molar-refractivity contribution in [3.63, 3.8) is 0 Å². The Morgan fingerprint density at radius 1 is 1.21 bits per heavy atom. The van der Waals surface area contributed by atoms with Crippen molar-refractivity contribution in [3.05, 3.63) is 34.3 Å². The van der Waals surface area contributed by atoms with Crippen LogP contribution in [0.25, 0.3) is 0 Å². The summed E-state index contributed by atoms with van der Waals surface area (Å²) in [5, 5.41) is 3.73. The first-order valence-electron chi connectivity index (χ1n) is 7.20. The molecular weight excluding hydrogens is 300 g/mol. The maximum atomic E-state index is 3.73. The molecule has 1 aromatic rings. The highest BCUT2D eigenvalue weighted by molar-refractivity contribution is 9.10. The quantitative estimate of drug-likeness (QED) is 0.881. The molecule has 1 aliphatic rings. The van der Waals surface area contributed by atoms with Gasteiger partial charge in [0.25, 0.3) is 0 Å². The van der Waals surface area contributed by atoms with Crippen LogP contribution in [-0.2, 0) is 0 Å². The van der Waals surface area contributed by atoms with E-state index in [0.29, 0.717) is 11.6 Å². The van der Waals surface area contributed by atoms with E-state index in [1.807, 2.05) is 0 Å². The lowest BCUT2D eigenvalue weighted by Crippen LogP contribution is -2.50. The average molecular weight is 325 g/mol. The Balaban J connectivity index is 1.95. The maximum Gasteiger partial charge on any atom is 0.0328 e. The molecule has 0 aromatic heterocycles. The third-order valence-electron chi connectivity index (χ3n) is 4.59. The lowest BCUT2D eigenvalue weighted by atomic mass is 9.95. The van der Waals surface area contributed by atoms with E-state index in [9.17, 15) is 0 Å². The van der Waals surface area contributed by atoms with Gasteiger partial charge in [-0.15, -0.1) is 0 Å². The maximum absolute atomic E-state index is 3.73. The molecule has 2 rings (SSSR count). The number of nitrogens with zero attached hydrogens (tertiary/aromatic N) is 1. The minimum atomic E-state index is 0.365. The van der Waals surface area contributed by atoms with Gasteiger partial charge in [-0.2, -0.15) is 0 Å². The highest BCUT2D eigenvalue weighted by atomic mass is 79.9. The van der Waals surface area contributed by atoms with Gasteiger partial charge in [0.15, 0.2) is 0 Å². The largest absolute Gasteiger partial charge is 0.308 e. The predicted molar refractivity (Wildman–Crippen MR) is 85.4 cm³/mol. The average Bonchev–Trinajstić information content (AvgIpc) is 2.87. The minimum absolute atomic E-state index is 0.365. The fraction of sp³-hybridized carbons (Fsp3) is 0.625. The van der Waals surface area contributed by atoms with Crippen LogP contribution in [0.4, 0.5) is 0 Å². The summed E-state index contributed by atoms with van der Waals surface area (Å²) >= 11 is 3.49. The van der Waals surface area contributed by atoms with E-state index in [4.69, 9.17) is 0 Å². The standard InChI is InChI=1S/C16H25BrN2/c1-13(14-6-8-15(17)9-7-14)18-12-16(19(2)3)10-4-5-11-16/h6-9,13,18H,4-5,10-12H2,1-3H3. The lowest BCUT2D eigenvalue weighted by molar-refractivity contribution is 0.150. The van der Waals surface area contributed by atoms with Crippen LogP contribution in [-0.4, -0.2) is 31.1 Å². The highest BCUT2D eigenvalue weighted by Crippen LogP contribution is 2.33. The molecule has 0 bridgehead atoms. The van der Waals surface area contributed by atoms with Crippen molar-refractivity contribution >= 4 is 15.9 Å². The number of rotatable bonds is 5. The molecule has 0 saturated heterocycles. The third kappa shape index (κ3) is 3.59. The number of hydrogen-bond donors (Lipinski definition) is 1. The van der Waals surface area contributed by atoms with E-state index in [2.05, 4.69) is 71.4 Å². The van der Waals surface area contributed by atoms with Gasteiger partial charge in [0.1, 0.15) is 0 Å². The molecule has 1 atom stereocenters. The van der Waals surface area contributed by atoms with Crippen LogP contribution in [0.1, 0.15) is 44.2 Å². The molecular formula is C16H25BrN2. The molecule has 0 spiro atoms. The molecule has 1 saturated carbocycles. The van der Waals surface area contributed by atoms with E-state index < -0.39 is 0 Å². The van der Waals surface area contributed by atoms with Crippen molar-refractivity contribution in [3.8, 4) is 0 Å². The summed E-state index contributed by atoms with van der Waals surface area (Å²) in [6.45, 7) is 3.33. The molecule has 1 aliphatic carbocycles. The van der Waals surface area contributed by atoms with Crippen molar-refractivity contribution in [1.82, 2.24) is 10.2 Å². The molecule has 0 amide bonds. The number of nitrogens with one attached hydrogen (secondary N) is 1. The summed E-state index contributed by atoms with van der Waals surface area (Å²) in [5.74, 6) is 0. The Morgan fingerprint density at radius 2 is 1.79 bits per heavy atom. The molecule has 1 N–H and O–H groups in total. The van der Waals surface area contributed by atoms with Crippen molar-refractivity contribution < 1.29 is 0 Å². The molecule has 3 heteroatoms. The van der Waals surface area contributed by atoms with E-state index in [0.717, 1.165) is 11.0 Å². The van der Waals surface area contributed by atoms with Gasteiger partial charge in [-0.05, 0) is 51.6 Å².